The molecule has 1 nitrogen and oxygen atoms in total. The van der Waals surface area contributed by atoms with Crippen molar-refractivity contribution in [1.82, 2.24) is 0 Å². The maximum absolute atomic E-state index is 2.57. The van der Waals surface area contributed by atoms with Crippen LogP contribution in [-0.2, 0) is 5.41 Å². The summed E-state index contributed by atoms with van der Waals surface area (Å²) in [6.45, 7) is 6.88. The van der Waals surface area contributed by atoms with Gasteiger partial charge in [-0.25, -0.2) is 0 Å². The van der Waals surface area contributed by atoms with Crippen molar-refractivity contribution >= 4 is 49.4 Å². The molecule has 1 aliphatic carbocycles. The summed E-state index contributed by atoms with van der Waals surface area (Å²) in [7, 11) is 0. The summed E-state index contributed by atoms with van der Waals surface area (Å²) >= 11 is 0. The number of anilines is 3. The molecule has 0 aliphatic heterocycles. The Hall–Kier alpha value is -7.22. The Morgan fingerprint density at radius 2 is 0.983 bits per heavy atom. The Morgan fingerprint density at radius 3 is 1.70 bits per heavy atom. The third kappa shape index (κ3) is 5.46. The van der Waals surface area contributed by atoms with Crippen LogP contribution in [0.25, 0.3) is 54.6 Å². The van der Waals surface area contributed by atoms with E-state index < -0.39 is 5.41 Å². The minimum atomic E-state index is -0.539. The van der Waals surface area contributed by atoms with E-state index in [1.807, 2.05) is 0 Å². The van der Waals surface area contributed by atoms with Gasteiger partial charge in [0.25, 0.3) is 0 Å². The second-order valence-electron chi connectivity index (χ2n) is 16.7. The molecule has 0 spiro atoms. The van der Waals surface area contributed by atoms with Gasteiger partial charge in [0, 0.05) is 16.6 Å². The van der Waals surface area contributed by atoms with Crippen LogP contribution in [0, 0.1) is 6.92 Å². The molecule has 10 aromatic carbocycles. The van der Waals surface area contributed by atoms with Crippen LogP contribution in [0.3, 0.4) is 0 Å². The largest absolute Gasteiger partial charge is 0.309 e. The van der Waals surface area contributed by atoms with Crippen molar-refractivity contribution in [3.05, 3.63) is 246 Å². The molecule has 11 rings (SSSR count). The molecule has 0 saturated heterocycles. The van der Waals surface area contributed by atoms with Gasteiger partial charge in [-0.2, -0.15) is 0 Å². The lowest BCUT2D eigenvalue weighted by Gasteiger charge is -2.35. The lowest BCUT2D eigenvalue weighted by atomic mass is 9.67. The van der Waals surface area contributed by atoms with Gasteiger partial charge in [0.05, 0.1) is 16.8 Å². The predicted molar refractivity (Wildman–Crippen MR) is 255 cm³/mol. The van der Waals surface area contributed by atoms with Crippen molar-refractivity contribution in [2.75, 3.05) is 4.90 Å². The maximum atomic E-state index is 2.57. The summed E-state index contributed by atoms with van der Waals surface area (Å²) in [6, 6.07) is 79.3. The van der Waals surface area contributed by atoms with Gasteiger partial charge < -0.3 is 4.90 Å². The molecular formula is C59H45N. The first-order valence-corrected chi connectivity index (χ1v) is 21.2. The number of hydrogen-bond acceptors (Lipinski definition) is 1. The molecule has 0 fully saturated rings. The van der Waals surface area contributed by atoms with Crippen LogP contribution in [-0.4, -0.2) is 0 Å². The molecule has 0 bridgehead atoms. The third-order valence-corrected chi connectivity index (χ3v) is 13.0. The average Bonchev–Trinajstić information content (AvgIpc) is 3.61. The topological polar surface area (TPSA) is 3.24 Å². The number of benzene rings is 10. The van der Waals surface area contributed by atoms with Gasteiger partial charge in [0.1, 0.15) is 0 Å². The fourth-order valence-corrected chi connectivity index (χ4v) is 10.3. The second kappa shape index (κ2) is 14.3. The highest BCUT2D eigenvalue weighted by molar-refractivity contribution is 6.15. The molecule has 286 valence electrons. The lowest BCUT2D eigenvalue weighted by Crippen LogP contribution is -2.28. The van der Waals surface area contributed by atoms with E-state index in [0.29, 0.717) is 5.92 Å². The smallest absolute Gasteiger partial charge is 0.0714 e. The van der Waals surface area contributed by atoms with E-state index in [-0.39, 0.29) is 0 Å². The molecule has 0 N–H and O–H groups in total. The van der Waals surface area contributed by atoms with E-state index in [1.165, 1.54) is 88.0 Å². The molecule has 0 atom stereocenters. The van der Waals surface area contributed by atoms with E-state index in [4.69, 9.17) is 0 Å². The number of rotatable bonds is 7. The Labute approximate surface area is 352 Å². The Bertz CT molecular complexity index is 3210. The predicted octanol–water partition coefficient (Wildman–Crippen LogP) is 16.1. The van der Waals surface area contributed by atoms with Crippen LogP contribution in [0.5, 0.6) is 0 Å². The van der Waals surface area contributed by atoms with E-state index in [1.54, 1.807) is 0 Å². The Kier molecular flexibility index (Phi) is 8.53. The highest BCUT2D eigenvalue weighted by atomic mass is 15.1. The Morgan fingerprint density at radius 1 is 0.400 bits per heavy atom. The summed E-state index contributed by atoms with van der Waals surface area (Å²) in [5, 5.41) is 7.36. The molecular weight excluding hydrogens is 723 g/mol. The zero-order chi connectivity index (χ0) is 40.4. The van der Waals surface area contributed by atoms with Gasteiger partial charge in [-0.1, -0.05) is 196 Å². The van der Waals surface area contributed by atoms with Gasteiger partial charge in [-0.3, -0.25) is 0 Å². The number of hydrogen-bond donors (Lipinski definition) is 0. The minimum absolute atomic E-state index is 0.342. The van der Waals surface area contributed by atoms with Crippen LogP contribution >= 0.6 is 0 Å². The fourth-order valence-electron chi connectivity index (χ4n) is 10.3. The van der Waals surface area contributed by atoms with Crippen LogP contribution in [0.4, 0.5) is 17.1 Å². The van der Waals surface area contributed by atoms with Crippen molar-refractivity contribution in [2.45, 2.75) is 32.1 Å². The zero-order valence-corrected chi connectivity index (χ0v) is 34.2. The van der Waals surface area contributed by atoms with Crippen molar-refractivity contribution in [3.8, 4) is 22.3 Å². The molecule has 0 radical (unpaired) electrons. The first-order valence-electron chi connectivity index (χ1n) is 21.2. The SMILES string of the molecule is Cc1cccc2c1-c1ccc(N(c3cc4ccccc4cc3-c3ccccc3C(C)C)c3cc4ccccc4c4ccccc34)cc1C2(c1ccccc1)c1ccccc1. The average molecular weight is 768 g/mol. The summed E-state index contributed by atoms with van der Waals surface area (Å²) < 4.78 is 0. The monoisotopic (exact) mass is 767 g/mol. The highest BCUT2D eigenvalue weighted by Gasteiger charge is 2.47. The van der Waals surface area contributed by atoms with Crippen molar-refractivity contribution in [3.63, 3.8) is 0 Å². The van der Waals surface area contributed by atoms with E-state index >= 15 is 0 Å². The summed E-state index contributed by atoms with van der Waals surface area (Å²) in [4.78, 5) is 2.57. The normalized spacial score (nSPS) is 12.9. The summed E-state index contributed by atoms with van der Waals surface area (Å²) in [6.07, 6.45) is 0. The van der Waals surface area contributed by atoms with Gasteiger partial charge in [-0.05, 0) is 120 Å². The molecule has 0 unspecified atom stereocenters. The first kappa shape index (κ1) is 35.9. The van der Waals surface area contributed by atoms with Crippen LogP contribution in [0.15, 0.2) is 212 Å². The maximum Gasteiger partial charge on any atom is 0.0714 e. The summed E-state index contributed by atoms with van der Waals surface area (Å²) in [5.41, 5.74) is 15.7. The molecule has 1 aliphatic rings. The minimum Gasteiger partial charge on any atom is -0.309 e. The third-order valence-electron chi connectivity index (χ3n) is 13.0. The van der Waals surface area contributed by atoms with E-state index in [9.17, 15) is 0 Å². The number of fused-ring (bicyclic) bond motifs is 7. The van der Waals surface area contributed by atoms with Crippen LogP contribution in [0.1, 0.15) is 53.1 Å². The standard InChI is InChI=1S/C59H45N/c1-39(2)47-27-14-15-29-49(47)53-35-41-20-10-11-21-42(41)36-57(53)60(56-37-43-22-12-13-28-48(43)50-30-16-17-31-51(50)56)46-33-34-52-55(38-46)59(44-23-6-4-7-24-44,45-25-8-5-9-26-45)54-32-18-19-40(3)58(52)54/h4-39H,1-3H3. The molecule has 1 heteroatoms. The molecule has 60 heavy (non-hydrogen) atoms. The van der Waals surface area contributed by atoms with Crippen molar-refractivity contribution in [1.29, 1.82) is 0 Å². The van der Waals surface area contributed by atoms with Crippen molar-refractivity contribution in [2.24, 2.45) is 0 Å². The fraction of sp³-hybridized carbons (Fsp3) is 0.0847. The summed E-state index contributed by atoms with van der Waals surface area (Å²) in [5.74, 6) is 0.342. The number of nitrogens with zero attached hydrogens (tertiary/aromatic N) is 1. The quantitative estimate of drug-likeness (QED) is 0.146. The van der Waals surface area contributed by atoms with Crippen LogP contribution in [0.2, 0.25) is 0 Å². The first-order chi connectivity index (χ1) is 29.5. The lowest BCUT2D eigenvalue weighted by molar-refractivity contribution is 0.768. The Balaban J connectivity index is 1.30. The van der Waals surface area contributed by atoms with Gasteiger partial charge in [0.15, 0.2) is 0 Å². The van der Waals surface area contributed by atoms with E-state index in [2.05, 4.69) is 238 Å². The van der Waals surface area contributed by atoms with Gasteiger partial charge in [-0.15, -0.1) is 0 Å². The molecule has 10 aromatic rings. The van der Waals surface area contributed by atoms with Gasteiger partial charge >= 0.3 is 0 Å². The molecule has 0 saturated carbocycles. The zero-order valence-electron chi connectivity index (χ0n) is 34.2. The highest BCUT2D eigenvalue weighted by Crippen LogP contribution is 2.58. The molecule has 0 aromatic heterocycles. The van der Waals surface area contributed by atoms with Crippen LogP contribution < -0.4 is 4.90 Å². The van der Waals surface area contributed by atoms with Gasteiger partial charge in [0.2, 0.25) is 0 Å². The van der Waals surface area contributed by atoms with Crippen molar-refractivity contribution < 1.29 is 0 Å². The second-order valence-corrected chi connectivity index (χ2v) is 16.7. The molecule has 0 heterocycles. The number of aryl methyl sites for hydroxylation is 1. The van der Waals surface area contributed by atoms with E-state index in [0.717, 1.165) is 17.1 Å². The molecule has 0 amide bonds.